The second-order valence-electron chi connectivity index (χ2n) is 33.2. The number of anilines is 4. The van der Waals surface area contributed by atoms with Crippen molar-refractivity contribution in [1.82, 2.24) is 80.9 Å². The van der Waals surface area contributed by atoms with Gasteiger partial charge in [-0.1, -0.05) is 119 Å². The summed E-state index contributed by atoms with van der Waals surface area (Å²) in [6, 6.07) is 17.0. The van der Waals surface area contributed by atoms with Crippen molar-refractivity contribution in [2.45, 2.75) is 62.7 Å². The zero-order valence-electron chi connectivity index (χ0n) is 79.2. The maximum atomic E-state index is 12.2. The number of nitrogens with zero attached hydrogens (tertiary/aromatic N) is 12. The molecule has 4 aliphatic heterocycles. The predicted octanol–water partition coefficient (Wildman–Crippen LogP) is 18.7. The number of methoxy groups -OCH3 is 8. The minimum absolute atomic E-state index is 0.0317. The number of pyridine rings is 6. The number of aromatic nitrogens is 10. The number of urea groups is 2. The summed E-state index contributed by atoms with van der Waals surface area (Å²) in [5.41, 5.74) is 5.43. The number of rotatable bonds is 32. The van der Waals surface area contributed by atoms with Crippen molar-refractivity contribution < 1.29 is 66.7 Å². The van der Waals surface area contributed by atoms with E-state index in [0.717, 1.165) is 71.8 Å². The van der Waals surface area contributed by atoms with Gasteiger partial charge in [0.05, 0.1) is 155 Å². The van der Waals surface area contributed by atoms with Gasteiger partial charge in [-0.2, -0.15) is 0 Å². The molecule has 142 heavy (non-hydrogen) atoms. The number of carbonyl (C=O) groups excluding carboxylic acids is 6. The van der Waals surface area contributed by atoms with Crippen LogP contribution in [0.1, 0.15) is 38.5 Å². The first-order chi connectivity index (χ1) is 68.5. The maximum absolute atomic E-state index is 12.2. The van der Waals surface area contributed by atoms with Gasteiger partial charge in [-0.3, -0.25) is 39.1 Å². The van der Waals surface area contributed by atoms with Crippen LogP contribution in [0, 0.1) is 23.7 Å². The van der Waals surface area contributed by atoms with Gasteiger partial charge < -0.3 is 90.2 Å². The van der Waals surface area contributed by atoms with E-state index in [1.807, 2.05) is 30.3 Å². The lowest BCUT2D eigenvalue weighted by Gasteiger charge is -2.32. The highest BCUT2D eigenvalue weighted by molar-refractivity contribution is 6.43. The lowest BCUT2D eigenvalue weighted by Crippen LogP contribution is -2.46. The topological polar surface area (TPSA) is 408 Å². The number of halogens is 8. The van der Waals surface area contributed by atoms with Crippen LogP contribution in [0.4, 0.5) is 33.1 Å². The number of ether oxygens (including phenoxy) is 8. The normalized spacial score (nSPS) is 17.4. The summed E-state index contributed by atoms with van der Waals surface area (Å²) in [6.07, 6.45) is 22.3. The highest BCUT2D eigenvalue weighted by Gasteiger charge is 2.39. The minimum atomic E-state index is -0.215. The number of piperidine rings is 2. The molecule has 4 amide bonds. The molecule has 12 heterocycles. The molecule has 12 aromatic rings. The van der Waals surface area contributed by atoms with E-state index in [1.165, 1.54) is 81.2 Å². The standard InChI is InChI=1S/C26H27Cl2N5O4.C25H26Cl2N6O4.C25H26Cl2N4O3.C24H25Cl2N5O3/c1-5-17(34)6-16-12-33(26(35)29-2)13-19(16)32-22-8-15-10-30-18(7-14(15)11-31-22)23-24(27)20(36-3)9-21(37-4)25(23)28;1-5-15(34)6-14-11-33(25(35)28-2)12-18(14)32-24-30-9-13-7-16(29-10-17(13)31-24)21-22(26)19(36-3)8-20(37-4)23(21)27;1-4-17(32)7-14-5-6-28-13-19(14)31-22-9-16-11-29-18(8-15(16)12-30-22)23-24(26)20(33-2)10-21(34-3)25(23)27;1-4-15(32)7-13-5-6-27-11-17(13)30-24-29-10-14-8-16(28-12-18(14)31-24)21-22(25)19(33-2)9-20(34-3)23(21)26/h5,7-11,16,19H,1,6,12-13H2,2-4H3,(H,29,35)(H,31,32);5,7-10,14,18H,1,6,11-12H2,2-4H3,(H,28,35)(H,30,31,32);4,8-12,14,19,28H,1,5-7,13H2,2-3H3,(H,30,31);4,8-10,12-13,17,27H,1,5-7,11H2,2-3H3,(H,29,30,31)/t16-,19+;14-,18+;14-,19-;13-,17-/m0011/s1. The number of likely N-dealkylation sites (tertiary alicyclic amines) is 2. The molecule has 4 aliphatic rings. The molecule has 0 spiro atoms. The van der Waals surface area contributed by atoms with Gasteiger partial charge in [-0.15, -0.1) is 0 Å². The monoisotopic (exact) mass is 2090 g/mol. The number of nitrogens with one attached hydrogen (secondary N) is 8. The van der Waals surface area contributed by atoms with Gasteiger partial charge in [0.2, 0.25) is 11.9 Å². The summed E-state index contributed by atoms with van der Waals surface area (Å²) in [5, 5.41) is 33.1. The first-order valence-corrected chi connectivity index (χ1v) is 47.7. The number of ketones is 4. The molecule has 0 unspecified atom stereocenters. The first kappa shape index (κ1) is 106. The predicted molar refractivity (Wildman–Crippen MR) is 558 cm³/mol. The Hall–Kier alpha value is -13.0. The average Bonchev–Trinajstić information content (AvgIpc) is 0.878. The van der Waals surface area contributed by atoms with E-state index >= 15 is 0 Å². The zero-order chi connectivity index (χ0) is 102. The van der Waals surface area contributed by atoms with E-state index < -0.39 is 0 Å². The highest BCUT2D eigenvalue weighted by atomic mass is 35.5. The van der Waals surface area contributed by atoms with Crippen molar-refractivity contribution in [3.63, 3.8) is 0 Å². The Labute approximate surface area is 859 Å². The Morgan fingerprint density at radius 3 is 0.908 bits per heavy atom. The number of allylic oxidation sites excluding steroid dienone is 4. The molecular weight excluding hydrogens is 1990 g/mol. The molecule has 0 radical (unpaired) electrons. The molecule has 4 aromatic carbocycles. The van der Waals surface area contributed by atoms with Crippen molar-refractivity contribution >= 4 is 195 Å². The number of hydrogen-bond acceptors (Lipinski definition) is 30. The molecule has 0 bridgehead atoms. The Morgan fingerprint density at radius 2 is 0.599 bits per heavy atom. The number of fused-ring (bicyclic) bond motifs is 4. The third kappa shape index (κ3) is 24.8. The van der Waals surface area contributed by atoms with Gasteiger partial charge in [-0.25, -0.2) is 39.5 Å². The number of hydrogen-bond donors (Lipinski definition) is 8. The summed E-state index contributed by atoms with van der Waals surface area (Å²) < 4.78 is 42.9. The summed E-state index contributed by atoms with van der Waals surface area (Å²) in [6.45, 7) is 19.3. The van der Waals surface area contributed by atoms with Crippen molar-refractivity contribution in [2.75, 3.05) is 145 Å². The molecule has 4 saturated heterocycles. The summed E-state index contributed by atoms with van der Waals surface area (Å²) in [4.78, 5) is 121. The van der Waals surface area contributed by atoms with Crippen LogP contribution in [0.2, 0.25) is 40.2 Å². The highest BCUT2D eigenvalue weighted by Crippen LogP contribution is 2.51. The molecule has 0 saturated carbocycles. The van der Waals surface area contributed by atoms with E-state index in [9.17, 15) is 28.8 Å². The molecule has 0 aliphatic carbocycles. The molecule has 42 heteroatoms. The van der Waals surface area contributed by atoms with Crippen LogP contribution in [0.25, 0.3) is 88.4 Å². The molecule has 4 fully saturated rings. The fourth-order valence-electron chi connectivity index (χ4n) is 17.1. The van der Waals surface area contributed by atoms with Crippen LogP contribution in [-0.2, 0) is 19.2 Å². The van der Waals surface area contributed by atoms with Gasteiger partial charge in [0.15, 0.2) is 23.1 Å². The second-order valence-corrected chi connectivity index (χ2v) is 36.2. The maximum Gasteiger partial charge on any atom is 0.317 e. The first-order valence-electron chi connectivity index (χ1n) is 44.7. The van der Waals surface area contributed by atoms with E-state index in [2.05, 4.69) is 119 Å². The molecule has 16 rings (SSSR count). The lowest BCUT2D eigenvalue weighted by atomic mass is 9.88. The van der Waals surface area contributed by atoms with Crippen LogP contribution in [0.15, 0.2) is 161 Å². The third-order valence-corrected chi connectivity index (χ3v) is 27.7. The molecule has 8 N–H and O–H groups in total. The van der Waals surface area contributed by atoms with Gasteiger partial charge in [0, 0.05) is 219 Å². The van der Waals surface area contributed by atoms with Crippen LogP contribution >= 0.6 is 92.8 Å². The van der Waals surface area contributed by atoms with E-state index in [-0.39, 0.29) is 89.5 Å². The Bertz CT molecular complexity index is 6290. The quantitative estimate of drug-likeness (QED) is 0.0182. The molecule has 8 aromatic heterocycles. The number of benzene rings is 4. The Balaban J connectivity index is 0.000000159. The minimum Gasteiger partial charge on any atom is -0.495 e. The molecule has 8 atom stereocenters. The van der Waals surface area contributed by atoms with Gasteiger partial charge >= 0.3 is 12.1 Å². The van der Waals surface area contributed by atoms with Crippen molar-refractivity contribution in [3.05, 3.63) is 201 Å². The van der Waals surface area contributed by atoms with E-state index in [0.29, 0.717) is 211 Å². The zero-order valence-corrected chi connectivity index (χ0v) is 85.2. The average molecular weight is 2090 g/mol. The van der Waals surface area contributed by atoms with E-state index in [4.69, 9.17) is 131 Å². The van der Waals surface area contributed by atoms with Gasteiger partial charge in [0.25, 0.3) is 0 Å². The molecular formula is C100H104Cl8N20O14. The van der Waals surface area contributed by atoms with Gasteiger partial charge in [0.1, 0.15) is 57.6 Å². The second kappa shape index (κ2) is 49.1. The molecule has 34 nitrogen and oxygen atoms in total. The lowest BCUT2D eigenvalue weighted by molar-refractivity contribution is -0.116. The number of carbonyl (C=O) groups is 6. The fraction of sp³-hybridized carbons (Fsp3) is 0.320. The van der Waals surface area contributed by atoms with Gasteiger partial charge in [-0.05, 0) is 98.5 Å². The third-order valence-electron chi connectivity index (χ3n) is 24.7. The smallest absolute Gasteiger partial charge is 0.317 e. The molecule has 744 valence electrons. The van der Waals surface area contributed by atoms with Crippen LogP contribution in [-0.4, -0.2) is 242 Å². The summed E-state index contributed by atoms with van der Waals surface area (Å²) >= 11 is 52.4. The fourth-order valence-corrected chi connectivity index (χ4v) is 19.9. The van der Waals surface area contributed by atoms with Crippen LogP contribution in [0.5, 0.6) is 46.0 Å². The largest absolute Gasteiger partial charge is 0.495 e. The van der Waals surface area contributed by atoms with Crippen molar-refractivity contribution in [2.24, 2.45) is 23.7 Å². The van der Waals surface area contributed by atoms with Crippen LogP contribution < -0.4 is 80.4 Å². The van der Waals surface area contributed by atoms with Crippen LogP contribution in [0.3, 0.4) is 0 Å². The summed E-state index contributed by atoms with van der Waals surface area (Å²) in [5.74, 6) is 5.75. The van der Waals surface area contributed by atoms with Crippen molar-refractivity contribution in [3.8, 4) is 91.0 Å². The SMILES string of the molecule is C=CC(=O)C[C@H]1CCNC[C@H]1Nc1cc2cnc(-c3c(Cl)c(OC)cc(OC)c3Cl)cc2cn1.C=CC(=O)C[C@H]1CCNC[C@H]1Nc1ncc2cc(-c3c(Cl)c(OC)cc(OC)c3Cl)ncc2n1.C=CC(=O)C[C@H]1CN(C(=O)NC)C[C@H]1Nc1cc2cnc(-c3c(Cl)c(OC)cc(OC)c3Cl)cc2cn1.C=CC(=O)C[C@H]1CN(C(=O)NC)C[C@H]1Nc1ncc2cc(-c3c(Cl)c(OC)cc(OC)c3Cl)ncc2n1. The summed E-state index contributed by atoms with van der Waals surface area (Å²) in [7, 11) is 15.3. The van der Waals surface area contributed by atoms with Crippen molar-refractivity contribution in [1.29, 1.82) is 0 Å². The number of amides is 4. The Kier molecular flexibility index (Phi) is 36.8. The Morgan fingerprint density at radius 1 is 0.338 bits per heavy atom. The van der Waals surface area contributed by atoms with E-state index in [1.54, 1.807) is 104 Å².